The molecule has 196 valence electrons. The van der Waals surface area contributed by atoms with Crippen molar-refractivity contribution in [1.82, 2.24) is 0 Å². The third-order valence-corrected chi connectivity index (χ3v) is 8.88. The average Bonchev–Trinajstić information content (AvgIpc) is 2.85. The van der Waals surface area contributed by atoms with E-state index in [1.54, 1.807) is 0 Å². The molecule has 2 rings (SSSR count). The van der Waals surface area contributed by atoms with Crippen LogP contribution in [0.15, 0.2) is 36.4 Å². The number of unbranched alkanes of at least 4 members (excludes halogenated alkanes) is 10. The van der Waals surface area contributed by atoms with Gasteiger partial charge in [0.05, 0.1) is 0 Å². The summed E-state index contributed by atoms with van der Waals surface area (Å²) >= 11 is 4.22. The van der Waals surface area contributed by atoms with Crippen LogP contribution in [0, 0.1) is 6.92 Å². The van der Waals surface area contributed by atoms with Crippen molar-refractivity contribution in [3.05, 3.63) is 64.2 Å². The summed E-state index contributed by atoms with van der Waals surface area (Å²) in [5.74, 6) is 5.10. The number of phenols is 1. The van der Waals surface area contributed by atoms with Crippen LogP contribution in [0.3, 0.4) is 0 Å². The lowest BCUT2D eigenvalue weighted by Gasteiger charge is -2.17. The van der Waals surface area contributed by atoms with E-state index in [-0.39, 0.29) is 0 Å². The third-order valence-electron chi connectivity index (χ3n) is 6.70. The average molecular weight is 515 g/mol. The number of hydrogen-bond acceptors (Lipinski definition) is 3. The molecule has 0 atom stereocenters. The molecule has 0 aliphatic heterocycles. The van der Waals surface area contributed by atoms with Gasteiger partial charge in [-0.05, 0) is 72.1 Å². The molecule has 1 nitrogen and oxygen atoms in total. The lowest BCUT2D eigenvalue weighted by molar-refractivity contribution is 0.475. The number of thioether (sulfide) groups is 2. The summed E-state index contributed by atoms with van der Waals surface area (Å²) in [6.45, 7) is 6.83. The summed E-state index contributed by atoms with van der Waals surface area (Å²) in [7, 11) is 0. The molecule has 0 spiro atoms. The number of phenolic OH excluding ortho intramolecular Hbond substituents is 1. The maximum atomic E-state index is 9.73. The molecule has 0 aliphatic carbocycles. The van der Waals surface area contributed by atoms with Crippen LogP contribution in [0.4, 0.5) is 0 Å². The summed E-state index contributed by atoms with van der Waals surface area (Å²) in [4.78, 5) is 0. The molecule has 0 bridgehead atoms. The fraction of sp³-hybridized carbons (Fsp3) is 0.625. The molecule has 35 heavy (non-hydrogen) atoms. The SMILES string of the molecule is CCCCCCCCSCc1cc(C)cc(CSCCCCCCCC)c1Cc1ccc(O)cc1. The number of benzene rings is 2. The van der Waals surface area contributed by atoms with Crippen LogP contribution in [0.25, 0.3) is 0 Å². The highest BCUT2D eigenvalue weighted by molar-refractivity contribution is 7.98. The fourth-order valence-electron chi connectivity index (χ4n) is 4.61. The molecule has 0 heterocycles. The van der Waals surface area contributed by atoms with Crippen LogP contribution in [-0.2, 0) is 17.9 Å². The molecule has 0 saturated carbocycles. The Hall–Kier alpha value is -1.06. The Balaban J connectivity index is 1.97. The van der Waals surface area contributed by atoms with Gasteiger partial charge in [-0.25, -0.2) is 0 Å². The molecule has 0 saturated heterocycles. The van der Waals surface area contributed by atoms with Crippen molar-refractivity contribution in [3.8, 4) is 5.75 Å². The largest absolute Gasteiger partial charge is 0.508 e. The molecule has 2 aromatic carbocycles. The lowest BCUT2D eigenvalue weighted by atomic mass is 9.94. The number of rotatable bonds is 20. The fourth-order valence-corrected chi connectivity index (χ4v) is 6.67. The maximum Gasteiger partial charge on any atom is 0.115 e. The van der Waals surface area contributed by atoms with Crippen molar-refractivity contribution in [3.63, 3.8) is 0 Å². The Kier molecular flexibility index (Phi) is 16.5. The Morgan fingerprint density at radius 1 is 0.629 bits per heavy atom. The van der Waals surface area contributed by atoms with Gasteiger partial charge in [0.2, 0.25) is 0 Å². The third kappa shape index (κ3) is 13.2. The zero-order chi connectivity index (χ0) is 25.1. The monoisotopic (exact) mass is 514 g/mol. The van der Waals surface area contributed by atoms with Gasteiger partial charge in [-0.3, -0.25) is 0 Å². The first-order valence-electron chi connectivity index (χ1n) is 14.2. The highest BCUT2D eigenvalue weighted by atomic mass is 32.2. The highest BCUT2D eigenvalue weighted by Gasteiger charge is 2.12. The Bertz CT molecular complexity index is 759. The van der Waals surface area contributed by atoms with E-state index in [0.717, 1.165) is 17.9 Å². The first-order valence-corrected chi connectivity index (χ1v) is 16.5. The predicted molar refractivity (Wildman–Crippen MR) is 161 cm³/mol. The van der Waals surface area contributed by atoms with E-state index in [9.17, 15) is 5.11 Å². The minimum absolute atomic E-state index is 0.349. The summed E-state index contributed by atoms with van der Waals surface area (Å²) in [5, 5.41) is 9.73. The lowest BCUT2D eigenvalue weighted by Crippen LogP contribution is -2.02. The summed E-state index contributed by atoms with van der Waals surface area (Å²) in [6, 6.07) is 12.6. The van der Waals surface area contributed by atoms with E-state index >= 15 is 0 Å². The van der Waals surface area contributed by atoms with Gasteiger partial charge < -0.3 is 5.11 Å². The smallest absolute Gasteiger partial charge is 0.115 e. The number of aromatic hydroxyl groups is 1. The van der Waals surface area contributed by atoms with Gasteiger partial charge in [0.1, 0.15) is 5.75 Å². The molecule has 0 amide bonds. The molecule has 0 aromatic heterocycles. The normalized spacial score (nSPS) is 11.3. The molecule has 3 heteroatoms. The maximum absolute atomic E-state index is 9.73. The van der Waals surface area contributed by atoms with Gasteiger partial charge in [-0.1, -0.05) is 108 Å². The zero-order valence-electron chi connectivity index (χ0n) is 22.7. The number of aryl methyl sites for hydroxylation is 1. The minimum atomic E-state index is 0.349. The van der Waals surface area contributed by atoms with Gasteiger partial charge in [-0.2, -0.15) is 23.5 Å². The molecule has 2 aromatic rings. The van der Waals surface area contributed by atoms with Crippen LogP contribution in [0.1, 0.15) is 119 Å². The van der Waals surface area contributed by atoms with E-state index in [0.29, 0.717) is 5.75 Å². The van der Waals surface area contributed by atoms with Crippen LogP contribution >= 0.6 is 23.5 Å². The standard InChI is InChI=1S/C32H50OS2/c1-4-6-8-10-12-14-20-34-25-29-22-27(3)23-30(26-35-21-15-13-11-9-7-5-2)32(29)24-28-16-18-31(33)19-17-28/h16-19,22-23,33H,4-15,20-21,24-26H2,1-3H3. The second-order valence-corrected chi connectivity index (χ2v) is 12.3. The molecule has 0 aliphatic rings. The molecule has 0 radical (unpaired) electrons. The van der Waals surface area contributed by atoms with Crippen LogP contribution in [0.2, 0.25) is 0 Å². The van der Waals surface area contributed by atoms with E-state index < -0.39 is 0 Å². The van der Waals surface area contributed by atoms with Crippen molar-refractivity contribution in [2.24, 2.45) is 0 Å². The van der Waals surface area contributed by atoms with Gasteiger partial charge in [0.25, 0.3) is 0 Å². The van der Waals surface area contributed by atoms with Crippen molar-refractivity contribution in [1.29, 1.82) is 0 Å². The van der Waals surface area contributed by atoms with E-state index in [1.165, 1.54) is 116 Å². The Labute approximate surface area is 225 Å². The quantitative estimate of drug-likeness (QED) is 0.177. The zero-order valence-corrected chi connectivity index (χ0v) is 24.4. The topological polar surface area (TPSA) is 20.2 Å². The van der Waals surface area contributed by atoms with Gasteiger partial charge in [0, 0.05) is 11.5 Å². The van der Waals surface area contributed by atoms with Gasteiger partial charge in [-0.15, -0.1) is 0 Å². The van der Waals surface area contributed by atoms with Crippen LogP contribution in [0.5, 0.6) is 5.75 Å². The van der Waals surface area contributed by atoms with E-state index in [4.69, 9.17) is 0 Å². The second-order valence-electron chi connectivity index (χ2n) is 10.0. The summed E-state index contributed by atoms with van der Waals surface area (Å²) < 4.78 is 0. The van der Waals surface area contributed by atoms with Crippen LogP contribution in [-0.4, -0.2) is 16.6 Å². The Morgan fingerprint density at radius 3 is 1.57 bits per heavy atom. The molecular formula is C32H50OS2. The first-order chi connectivity index (χ1) is 17.1. The van der Waals surface area contributed by atoms with Crippen molar-refractivity contribution >= 4 is 23.5 Å². The van der Waals surface area contributed by atoms with E-state index in [1.807, 2.05) is 12.1 Å². The van der Waals surface area contributed by atoms with Crippen molar-refractivity contribution in [2.45, 2.75) is 116 Å². The Morgan fingerprint density at radius 2 is 1.09 bits per heavy atom. The van der Waals surface area contributed by atoms with Gasteiger partial charge >= 0.3 is 0 Å². The molecule has 1 N–H and O–H groups in total. The second kappa shape index (κ2) is 19.1. The molecular weight excluding hydrogens is 464 g/mol. The molecule has 0 unspecified atom stereocenters. The van der Waals surface area contributed by atoms with Crippen molar-refractivity contribution in [2.75, 3.05) is 11.5 Å². The summed E-state index contributed by atoms with van der Waals surface area (Å²) in [6.07, 6.45) is 17.4. The van der Waals surface area contributed by atoms with E-state index in [2.05, 4.69) is 68.6 Å². The van der Waals surface area contributed by atoms with Crippen LogP contribution < -0.4 is 0 Å². The molecule has 0 fully saturated rings. The van der Waals surface area contributed by atoms with Gasteiger partial charge in [0.15, 0.2) is 0 Å². The predicted octanol–water partition coefficient (Wildman–Crippen LogP) is 10.5. The highest BCUT2D eigenvalue weighted by Crippen LogP contribution is 2.29. The first kappa shape index (κ1) is 30.2. The summed E-state index contributed by atoms with van der Waals surface area (Å²) in [5.41, 5.74) is 7.24. The minimum Gasteiger partial charge on any atom is -0.508 e. The van der Waals surface area contributed by atoms with Crippen molar-refractivity contribution < 1.29 is 5.11 Å². The number of hydrogen-bond donors (Lipinski definition) is 1.